The van der Waals surface area contributed by atoms with Crippen molar-refractivity contribution in [3.8, 4) is 5.75 Å². The summed E-state index contributed by atoms with van der Waals surface area (Å²) in [7, 11) is -9.64. The first-order valence-corrected chi connectivity index (χ1v) is 10.9. The van der Waals surface area contributed by atoms with E-state index in [9.17, 15) is 23.9 Å². The molecule has 27 heavy (non-hydrogen) atoms. The summed E-state index contributed by atoms with van der Waals surface area (Å²) in [6, 6.07) is 6.44. The fraction of sp³-hybridized carbons (Fsp3) is 0.500. The SMILES string of the molecule is COc1ccc(C(=O)NCCCCCC(O)(P(=O)([O-])O)P(=O)(O)O)cc1.[Na+]. The van der Waals surface area contributed by atoms with Crippen LogP contribution in [0.25, 0.3) is 0 Å². The van der Waals surface area contributed by atoms with Crippen LogP contribution < -0.4 is 44.5 Å². The van der Waals surface area contributed by atoms with Gasteiger partial charge in [0.25, 0.3) is 5.91 Å². The molecule has 0 fully saturated rings. The molecule has 0 aromatic heterocycles. The minimum atomic E-state index is -5.66. The summed E-state index contributed by atoms with van der Waals surface area (Å²) >= 11 is 0. The summed E-state index contributed by atoms with van der Waals surface area (Å²) in [5, 5.41) is 8.79. The second-order valence-corrected chi connectivity index (χ2v) is 9.60. The monoisotopic (exact) mass is 433 g/mol. The molecule has 0 spiro atoms. The Kier molecular flexibility index (Phi) is 11.0. The molecule has 148 valence electrons. The van der Waals surface area contributed by atoms with Gasteiger partial charge in [-0.2, -0.15) is 0 Å². The third-order valence-corrected chi connectivity index (χ3v) is 7.57. The smallest absolute Gasteiger partial charge is 0.776 e. The van der Waals surface area contributed by atoms with Crippen molar-refractivity contribution in [2.75, 3.05) is 13.7 Å². The zero-order valence-electron chi connectivity index (χ0n) is 15.1. The number of rotatable bonds is 10. The number of carbonyl (C=O) groups is 1. The van der Waals surface area contributed by atoms with Gasteiger partial charge >= 0.3 is 37.2 Å². The van der Waals surface area contributed by atoms with Crippen molar-refractivity contribution in [2.24, 2.45) is 0 Å². The number of aliphatic hydroxyl groups is 1. The summed E-state index contributed by atoms with van der Waals surface area (Å²) in [5.74, 6) is 0.289. The van der Waals surface area contributed by atoms with Gasteiger partial charge in [0.1, 0.15) is 5.75 Å². The van der Waals surface area contributed by atoms with E-state index in [2.05, 4.69) is 5.32 Å². The van der Waals surface area contributed by atoms with E-state index in [0.717, 1.165) is 0 Å². The van der Waals surface area contributed by atoms with Crippen molar-refractivity contribution in [3.63, 3.8) is 0 Å². The third-order valence-electron chi connectivity index (χ3n) is 3.75. The molecule has 5 N–H and O–H groups in total. The number of unbranched alkanes of at least 4 members (excludes halogenated alkanes) is 2. The Morgan fingerprint density at radius 3 is 2.15 bits per heavy atom. The van der Waals surface area contributed by atoms with Gasteiger partial charge in [0, 0.05) is 12.1 Å². The summed E-state index contributed by atoms with van der Waals surface area (Å²) in [4.78, 5) is 49.8. The fourth-order valence-electron chi connectivity index (χ4n) is 2.16. The maximum absolute atomic E-state index is 11.9. The number of amides is 1. The number of nitrogens with one attached hydrogen (secondary N) is 1. The van der Waals surface area contributed by atoms with Gasteiger partial charge < -0.3 is 39.3 Å². The zero-order chi connectivity index (χ0) is 20.0. The van der Waals surface area contributed by atoms with Crippen molar-refractivity contribution < 1.29 is 72.9 Å². The van der Waals surface area contributed by atoms with Gasteiger partial charge in [-0.25, -0.2) is 0 Å². The van der Waals surface area contributed by atoms with Gasteiger partial charge in [-0.05, 0) is 43.5 Å². The number of benzene rings is 1. The van der Waals surface area contributed by atoms with E-state index in [0.29, 0.717) is 17.7 Å². The molecule has 1 aromatic rings. The Labute approximate surface area is 178 Å². The predicted octanol–water partition coefficient (Wildman–Crippen LogP) is -2.64. The molecule has 0 radical (unpaired) electrons. The molecular weight excluding hydrogens is 411 g/mol. The largest absolute Gasteiger partial charge is 1.00 e. The summed E-state index contributed by atoms with van der Waals surface area (Å²) in [5.41, 5.74) is 0.425. The molecule has 0 bridgehead atoms. The molecule has 0 aliphatic heterocycles. The van der Waals surface area contributed by atoms with Crippen molar-refractivity contribution >= 4 is 21.1 Å². The van der Waals surface area contributed by atoms with E-state index in [-0.39, 0.29) is 54.9 Å². The molecule has 2 atom stereocenters. The molecule has 2 unspecified atom stereocenters. The maximum Gasteiger partial charge on any atom is 1.00 e. The van der Waals surface area contributed by atoms with Gasteiger partial charge in [-0.1, -0.05) is 6.42 Å². The molecule has 0 saturated heterocycles. The summed E-state index contributed by atoms with van der Waals surface area (Å²) < 4.78 is 27.2. The molecular formula is C14H22NNaO9P2. The molecule has 0 saturated carbocycles. The van der Waals surface area contributed by atoms with E-state index >= 15 is 0 Å². The summed E-state index contributed by atoms with van der Waals surface area (Å²) in [6.45, 7) is 0.243. The number of hydrogen-bond acceptors (Lipinski definition) is 6. The Morgan fingerprint density at radius 2 is 1.70 bits per heavy atom. The first-order chi connectivity index (χ1) is 11.9. The fourth-order valence-corrected chi connectivity index (χ4v) is 4.37. The normalized spacial score (nSPS) is 15.8. The quantitative estimate of drug-likeness (QED) is 0.150. The first kappa shape index (κ1) is 26.8. The van der Waals surface area contributed by atoms with Gasteiger partial charge in [-0.15, -0.1) is 0 Å². The Balaban J connectivity index is 0.00000676. The zero-order valence-corrected chi connectivity index (χ0v) is 18.9. The van der Waals surface area contributed by atoms with Crippen molar-refractivity contribution in [1.82, 2.24) is 5.32 Å². The molecule has 0 aliphatic carbocycles. The van der Waals surface area contributed by atoms with E-state index < -0.39 is 26.7 Å². The van der Waals surface area contributed by atoms with Crippen molar-refractivity contribution in [2.45, 2.75) is 30.8 Å². The van der Waals surface area contributed by atoms with Crippen molar-refractivity contribution in [3.05, 3.63) is 29.8 Å². The van der Waals surface area contributed by atoms with Crippen LogP contribution in [0.5, 0.6) is 5.75 Å². The van der Waals surface area contributed by atoms with Crippen LogP contribution in [0.15, 0.2) is 24.3 Å². The number of ether oxygens (including phenoxy) is 1. The minimum Gasteiger partial charge on any atom is -0.776 e. The molecule has 0 heterocycles. The molecule has 0 aliphatic rings. The van der Waals surface area contributed by atoms with E-state index in [1.807, 2.05) is 0 Å². The second-order valence-electron chi connectivity index (χ2n) is 5.63. The topological polar surface area (TPSA) is 176 Å². The van der Waals surface area contributed by atoms with Gasteiger partial charge in [0.2, 0.25) is 5.08 Å². The molecule has 1 aromatic carbocycles. The Hall–Kier alpha value is -0.250. The minimum absolute atomic E-state index is 0. The number of hydrogen-bond donors (Lipinski definition) is 5. The average molecular weight is 433 g/mol. The molecule has 1 amide bonds. The van der Waals surface area contributed by atoms with Crippen LogP contribution in [0.1, 0.15) is 36.0 Å². The average Bonchev–Trinajstić information content (AvgIpc) is 2.55. The van der Waals surface area contributed by atoms with Crippen LogP contribution in [0.3, 0.4) is 0 Å². The molecule has 13 heteroatoms. The number of methoxy groups -OCH3 is 1. The van der Waals surface area contributed by atoms with Gasteiger partial charge in [-0.3, -0.25) is 9.36 Å². The van der Waals surface area contributed by atoms with Crippen LogP contribution in [-0.4, -0.2) is 44.4 Å². The van der Waals surface area contributed by atoms with Crippen LogP contribution in [-0.2, 0) is 9.13 Å². The van der Waals surface area contributed by atoms with Crippen LogP contribution in [0.4, 0.5) is 0 Å². The van der Waals surface area contributed by atoms with E-state index in [4.69, 9.17) is 19.4 Å². The maximum atomic E-state index is 11.9. The second kappa shape index (κ2) is 11.1. The van der Waals surface area contributed by atoms with E-state index in [1.54, 1.807) is 24.3 Å². The van der Waals surface area contributed by atoms with Crippen LogP contribution >= 0.6 is 15.2 Å². The Morgan fingerprint density at radius 1 is 1.15 bits per heavy atom. The van der Waals surface area contributed by atoms with Gasteiger partial charge in [0.15, 0.2) is 7.60 Å². The predicted molar refractivity (Wildman–Crippen MR) is 90.6 cm³/mol. The number of carbonyl (C=O) groups excluding carboxylic acids is 1. The first-order valence-electron chi connectivity index (χ1n) is 7.66. The molecule has 1 rings (SSSR count). The van der Waals surface area contributed by atoms with Crippen LogP contribution in [0.2, 0.25) is 0 Å². The van der Waals surface area contributed by atoms with E-state index in [1.165, 1.54) is 7.11 Å². The van der Waals surface area contributed by atoms with Gasteiger partial charge in [0.05, 0.1) is 7.11 Å². The van der Waals surface area contributed by atoms with Crippen molar-refractivity contribution in [1.29, 1.82) is 0 Å². The standard InChI is InChI=1S/C14H23NO9P2.Na/c1-24-12-7-5-11(6-8-12)13(16)15-10-4-2-3-9-14(17,25(18,19)20)26(21,22)23;/h5-8,17H,2-4,9-10H2,1H3,(H,15,16)(H2,18,19,20)(H2,21,22,23);/q;+1/p-1. The Bertz CT molecular complexity index is 679. The summed E-state index contributed by atoms with van der Waals surface area (Å²) in [6.07, 6.45) is -0.243. The van der Waals surface area contributed by atoms with Crippen LogP contribution in [0, 0.1) is 0 Å². The molecule has 10 nitrogen and oxygen atoms in total. The third kappa shape index (κ3) is 7.59.